The second-order valence-electron chi connectivity index (χ2n) is 8.14. The number of nitrogens with one attached hydrogen (secondary N) is 1. The maximum atomic E-state index is 14.5. The molecule has 35 heavy (non-hydrogen) atoms. The summed E-state index contributed by atoms with van der Waals surface area (Å²) in [6.07, 6.45) is -0.0426. The Kier molecular flexibility index (Phi) is 7.01. The molecule has 11 heteroatoms. The van der Waals surface area contributed by atoms with Crippen molar-refractivity contribution in [1.82, 2.24) is 9.97 Å². The van der Waals surface area contributed by atoms with E-state index >= 15 is 0 Å². The molecule has 1 aromatic carbocycles. The van der Waals surface area contributed by atoms with Crippen molar-refractivity contribution in [2.75, 3.05) is 11.1 Å². The Bertz CT molecular complexity index is 1240. The maximum absolute atomic E-state index is 14.5. The molecule has 0 spiro atoms. The normalized spacial score (nSPS) is 22.1. The van der Waals surface area contributed by atoms with E-state index in [4.69, 9.17) is 10.5 Å². The van der Waals surface area contributed by atoms with Gasteiger partial charge in [-0.05, 0) is 24.6 Å². The number of carbonyl (C=O) groups is 1. The van der Waals surface area contributed by atoms with Crippen LogP contribution in [0.3, 0.4) is 0 Å². The molecule has 1 aliphatic heterocycles. The number of nitrogen functional groups attached to an aromatic ring is 1. The number of halogens is 3. The first-order valence-electron chi connectivity index (χ1n) is 10.9. The summed E-state index contributed by atoms with van der Waals surface area (Å²) in [7, 11) is 0. The van der Waals surface area contributed by atoms with Crippen LogP contribution in [0.5, 0.6) is 0 Å². The Hall–Kier alpha value is -3.54. The third-order valence-electron chi connectivity index (χ3n) is 5.84. The Morgan fingerprint density at radius 1 is 1.20 bits per heavy atom. The lowest BCUT2D eigenvalue weighted by molar-refractivity contribution is -0.170. The molecular formula is C24H23F3N4O4. The largest absolute Gasteiger partial charge is 0.397 e. The number of aliphatic hydroxyl groups excluding tert-OH is 2. The van der Waals surface area contributed by atoms with E-state index in [1.54, 1.807) is 13.0 Å². The van der Waals surface area contributed by atoms with E-state index in [-0.39, 0.29) is 17.8 Å². The van der Waals surface area contributed by atoms with Gasteiger partial charge in [0.15, 0.2) is 11.5 Å². The minimum atomic E-state index is -1.10. The number of carbonyl (C=O) groups excluding carboxylic acids is 1. The van der Waals surface area contributed by atoms with Crippen LogP contribution >= 0.6 is 0 Å². The average molecular weight is 488 g/mol. The predicted octanol–water partition coefficient (Wildman–Crippen LogP) is 3.36. The first-order valence-corrected chi connectivity index (χ1v) is 10.9. The second-order valence-corrected chi connectivity index (χ2v) is 8.14. The number of pyridine rings is 2. The number of hydrogen-bond donors (Lipinski definition) is 4. The van der Waals surface area contributed by atoms with Gasteiger partial charge in [-0.15, -0.1) is 0 Å². The number of aromatic nitrogens is 2. The molecule has 0 bridgehead atoms. The Morgan fingerprint density at radius 2 is 1.91 bits per heavy atom. The van der Waals surface area contributed by atoms with Gasteiger partial charge in [-0.1, -0.05) is 13.0 Å². The molecule has 2 aromatic heterocycles. The van der Waals surface area contributed by atoms with Crippen LogP contribution in [0.15, 0.2) is 42.7 Å². The van der Waals surface area contributed by atoms with E-state index in [1.807, 2.05) is 0 Å². The van der Waals surface area contributed by atoms with Crippen LogP contribution in [0.1, 0.15) is 41.9 Å². The van der Waals surface area contributed by atoms with E-state index in [2.05, 4.69) is 15.3 Å². The van der Waals surface area contributed by atoms with Crippen molar-refractivity contribution in [2.24, 2.45) is 0 Å². The molecule has 0 saturated carbocycles. The number of amides is 1. The Balaban J connectivity index is 1.67. The molecule has 1 fully saturated rings. The second kappa shape index (κ2) is 9.98. The van der Waals surface area contributed by atoms with Crippen molar-refractivity contribution < 1.29 is 32.9 Å². The number of rotatable bonds is 5. The van der Waals surface area contributed by atoms with Crippen LogP contribution in [-0.4, -0.2) is 44.4 Å². The van der Waals surface area contributed by atoms with Gasteiger partial charge in [0.25, 0.3) is 5.91 Å². The zero-order chi connectivity index (χ0) is 25.3. The summed E-state index contributed by atoms with van der Waals surface area (Å²) >= 11 is 0. The van der Waals surface area contributed by atoms with Crippen LogP contribution in [0, 0.1) is 17.5 Å². The molecule has 1 amide bonds. The molecule has 4 atom stereocenters. The number of benzene rings is 1. The molecule has 3 heterocycles. The van der Waals surface area contributed by atoms with Crippen molar-refractivity contribution in [1.29, 1.82) is 0 Å². The minimum Gasteiger partial charge on any atom is -0.397 e. The zero-order valence-electron chi connectivity index (χ0n) is 18.6. The summed E-state index contributed by atoms with van der Waals surface area (Å²) in [4.78, 5) is 20.9. The lowest BCUT2D eigenvalue weighted by Crippen LogP contribution is -2.45. The number of hydrogen-bond acceptors (Lipinski definition) is 7. The number of nitrogens with two attached hydrogens (primary N) is 1. The molecule has 8 nitrogen and oxygen atoms in total. The Morgan fingerprint density at radius 3 is 2.60 bits per heavy atom. The third kappa shape index (κ3) is 4.83. The fourth-order valence-electron chi connectivity index (χ4n) is 4.05. The van der Waals surface area contributed by atoms with Gasteiger partial charge in [0.05, 0.1) is 41.4 Å². The fraction of sp³-hybridized carbons (Fsp3) is 0.292. The van der Waals surface area contributed by atoms with E-state index in [9.17, 15) is 28.2 Å². The zero-order valence-corrected chi connectivity index (χ0v) is 18.6. The predicted molar refractivity (Wildman–Crippen MR) is 121 cm³/mol. The first-order chi connectivity index (χ1) is 16.7. The SMILES string of the molecule is CC[C@H]1O[C@@H](c2ccncc2NC(=O)c2nc(-c3c(F)cccc3F)c(F)cc2N)C[C@@H](O)[C@@H]1O. The standard InChI is InChI=1S/C24H23F3N4O4/c1-2-18-23(33)17(32)9-19(35-18)11-6-7-29-10-16(11)30-24(34)22-15(28)8-14(27)21(31-22)20-12(25)4-3-5-13(20)26/h3-8,10,17-19,23,32-33H,2,9,28H2,1H3,(H,30,34)/t17-,18-,19-,23+/m1/s1. The van der Waals surface area contributed by atoms with Crippen molar-refractivity contribution in [3.8, 4) is 11.3 Å². The van der Waals surface area contributed by atoms with E-state index in [1.165, 1.54) is 12.4 Å². The molecule has 5 N–H and O–H groups in total. The number of anilines is 2. The van der Waals surface area contributed by atoms with E-state index in [0.717, 1.165) is 24.3 Å². The maximum Gasteiger partial charge on any atom is 0.276 e. The fourth-order valence-corrected chi connectivity index (χ4v) is 4.05. The molecule has 1 saturated heterocycles. The summed E-state index contributed by atoms with van der Waals surface area (Å²) in [5.41, 5.74) is 4.24. The van der Waals surface area contributed by atoms with Crippen LogP contribution in [0.4, 0.5) is 24.5 Å². The van der Waals surface area contributed by atoms with Crippen LogP contribution in [-0.2, 0) is 4.74 Å². The van der Waals surface area contributed by atoms with Crippen molar-refractivity contribution in [3.05, 3.63) is 71.4 Å². The van der Waals surface area contributed by atoms with Gasteiger partial charge in [-0.25, -0.2) is 18.2 Å². The van der Waals surface area contributed by atoms with Crippen LogP contribution < -0.4 is 11.1 Å². The van der Waals surface area contributed by atoms with Gasteiger partial charge in [0.2, 0.25) is 0 Å². The summed E-state index contributed by atoms with van der Waals surface area (Å²) in [5, 5.41) is 22.9. The number of aliphatic hydroxyl groups is 2. The van der Waals surface area contributed by atoms with Crippen molar-refractivity contribution >= 4 is 17.3 Å². The lowest BCUT2D eigenvalue weighted by atomic mass is 9.92. The quantitative estimate of drug-likeness (QED) is 0.433. The molecule has 0 aliphatic carbocycles. The number of nitrogens with zero attached hydrogens (tertiary/aromatic N) is 2. The van der Waals surface area contributed by atoms with Gasteiger partial charge < -0.3 is 26.0 Å². The van der Waals surface area contributed by atoms with Gasteiger partial charge in [0.1, 0.15) is 23.4 Å². The summed E-state index contributed by atoms with van der Waals surface area (Å²) in [6, 6.07) is 5.35. The molecule has 0 radical (unpaired) electrons. The molecule has 4 rings (SSSR count). The van der Waals surface area contributed by atoms with Crippen molar-refractivity contribution in [3.63, 3.8) is 0 Å². The van der Waals surface area contributed by atoms with Gasteiger partial charge in [-0.3, -0.25) is 9.78 Å². The molecular weight excluding hydrogens is 465 g/mol. The molecule has 0 unspecified atom stereocenters. The smallest absolute Gasteiger partial charge is 0.276 e. The highest BCUT2D eigenvalue weighted by atomic mass is 19.1. The monoisotopic (exact) mass is 488 g/mol. The first kappa shape index (κ1) is 24.6. The third-order valence-corrected chi connectivity index (χ3v) is 5.84. The Labute approximate surface area is 198 Å². The minimum absolute atomic E-state index is 0.0677. The van der Waals surface area contributed by atoms with Gasteiger partial charge >= 0.3 is 0 Å². The number of ether oxygens (including phenoxy) is 1. The average Bonchev–Trinajstić information content (AvgIpc) is 2.82. The molecule has 184 valence electrons. The van der Waals surface area contributed by atoms with Crippen LogP contribution in [0.25, 0.3) is 11.3 Å². The summed E-state index contributed by atoms with van der Waals surface area (Å²) < 4.78 is 48.9. The molecule has 1 aliphatic rings. The van der Waals surface area contributed by atoms with Crippen molar-refractivity contribution in [2.45, 2.75) is 44.2 Å². The summed E-state index contributed by atoms with van der Waals surface area (Å²) in [5.74, 6) is -4.08. The lowest BCUT2D eigenvalue weighted by Gasteiger charge is -2.37. The topological polar surface area (TPSA) is 131 Å². The summed E-state index contributed by atoms with van der Waals surface area (Å²) in [6.45, 7) is 1.80. The highest BCUT2D eigenvalue weighted by molar-refractivity contribution is 6.06. The van der Waals surface area contributed by atoms with Crippen LogP contribution in [0.2, 0.25) is 0 Å². The van der Waals surface area contributed by atoms with E-state index in [0.29, 0.717) is 12.0 Å². The molecule has 3 aromatic rings. The van der Waals surface area contributed by atoms with Gasteiger partial charge in [-0.2, -0.15) is 0 Å². The van der Waals surface area contributed by atoms with E-state index < -0.39 is 64.7 Å². The highest BCUT2D eigenvalue weighted by Gasteiger charge is 2.37. The highest BCUT2D eigenvalue weighted by Crippen LogP contribution is 2.36. The van der Waals surface area contributed by atoms with Gasteiger partial charge in [0, 0.05) is 24.2 Å².